The molecule has 3 N–H and O–H groups in total. The summed E-state index contributed by atoms with van der Waals surface area (Å²) in [5.41, 5.74) is 8.00. The maximum atomic E-state index is 13.3. The molecular weight excluding hydrogens is 239 g/mol. The average molecular weight is 251 g/mol. The van der Waals surface area contributed by atoms with Crippen molar-refractivity contribution >= 4 is 28.7 Å². The highest BCUT2D eigenvalue weighted by atomic mass is 35.5. The number of anilines is 3. The lowest BCUT2D eigenvalue weighted by Gasteiger charge is -2.12. The molecular formula is C13H12ClFN2. The second kappa shape index (κ2) is 4.63. The zero-order chi connectivity index (χ0) is 12.4. The van der Waals surface area contributed by atoms with Gasteiger partial charge in [-0.1, -0.05) is 23.7 Å². The summed E-state index contributed by atoms with van der Waals surface area (Å²) in [4.78, 5) is 0. The predicted molar refractivity (Wildman–Crippen MR) is 70.3 cm³/mol. The van der Waals surface area contributed by atoms with E-state index in [0.29, 0.717) is 10.7 Å². The summed E-state index contributed by atoms with van der Waals surface area (Å²) in [7, 11) is 0. The number of para-hydroxylation sites is 1. The first kappa shape index (κ1) is 11.7. The number of rotatable bonds is 2. The summed E-state index contributed by atoms with van der Waals surface area (Å²) in [5.74, 6) is -0.435. The number of hydrogen-bond acceptors (Lipinski definition) is 2. The highest BCUT2D eigenvalue weighted by molar-refractivity contribution is 6.31. The average Bonchev–Trinajstić information content (AvgIpc) is 2.31. The molecule has 0 unspecified atom stereocenters. The molecule has 0 aliphatic carbocycles. The van der Waals surface area contributed by atoms with Crippen molar-refractivity contribution in [1.29, 1.82) is 0 Å². The van der Waals surface area contributed by atoms with Gasteiger partial charge >= 0.3 is 0 Å². The summed E-state index contributed by atoms with van der Waals surface area (Å²) in [5, 5.41) is 3.73. The van der Waals surface area contributed by atoms with E-state index in [1.54, 1.807) is 18.2 Å². The van der Waals surface area contributed by atoms with Gasteiger partial charge in [0, 0.05) is 10.7 Å². The third-order valence-electron chi connectivity index (χ3n) is 2.59. The molecule has 0 amide bonds. The number of nitrogen functional groups attached to an aromatic ring is 1. The third-order valence-corrected chi connectivity index (χ3v) is 3.00. The third kappa shape index (κ3) is 2.34. The Labute approximate surface area is 104 Å². The van der Waals surface area contributed by atoms with Crippen LogP contribution < -0.4 is 11.1 Å². The Bertz CT molecular complexity index is 506. The molecule has 2 aromatic carbocycles. The molecule has 0 radical (unpaired) electrons. The van der Waals surface area contributed by atoms with Crippen molar-refractivity contribution in [2.45, 2.75) is 6.92 Å². The van der Waals surface area contributed by atoms with E-state index in [-0.39, 0.29) is 5.69 Å². The molecule has 4 heteroatoms. The van der Waals surface area contributed by atoms with Gasteiger partial charge < -0.3 is 11.1 Å². The molecule has 2 rings (SSSR count). The minimum atomic E-state index is -0.435. The van der Waals surface area contributed by atoms with Crippen molar-refractivity contribution in [2.75, 3.05) is 11.1 Å². The first-order valence-electron chi connectivity index (χ1n) is 5.15. The summed E-state index contributed by atoms with van der Waals surface area (Å²) >= 11 is 6.01. The van der Waals surface area contributed by atoms with E-state index in [1.165, 1.54) is 6.07 Å². The van der Waals surface area contributed by atoms with E-state index in [4.69, 9.17) is 17.3 Å². The van der Waals surface area contributed by atoms with E-state index < -0.39 is 5.82 Å². The normalized spacial score (nSPS) is 10.3. The van der Waals surface area contributed by atoms with Gasteiger partial charge in [-0.15, -0.1) is 0 Å². The summed E-state index contributed by atoms with van der Waals surface area (Å²) < 4.78 is 13.3. The van der Waals surface area contributed by atoms with Crippen molar-refractivity contribution in [1.82, 2.24) is 0 Å². The van der Waals surface area contributed by atoms with Crippen LogP contribution in [0, 0.1) is 12.7 Å². The number of nitrogens with two attached hydrogens (primary N) is 1. The maximum Gasteiger partial charge on any atom is 0.148 e. The lowest BCUT2D eigenvalue weighted by Crippen LogP contribution is -2.00. The van der Waals surface area contributed by atoms with Crippen LogP contribution in [-0.2, 0) is 0 Å². The predicted octanol–water partition coefficient (Wildman–Crippen LogP) is 4.11. The van der Waals surface area contributed by atoms with Gasteiger partial charge in [-0.25, -0.2) is 4.39 Å². The van der Waals surface area contributed by atoms with E-state index in [0.717, 1.165) is 11.3 Å². The van der Waals surface area contributed by atoms with Gasteiger partial charge in [-0.3, -0.25) is 0 Å². The van der Waals surface area contributed by atoms with Crippen LogP contribution >= 0.6 is 11.6 Å². The van der Waals surface area contributed by atoms with Gasteiger partial charge in [-0.2, -0.15) is 0 Å². The van der Waals surface area contributed by atoms with Crippen molar-refractivity contribution < 1.29 is 4.39 Å². The number of nitrogens with one attached hydrogen (secondary N) is 1. The molecule has 17 heavy (non-hydrogen) atoms. The minimum Gasteiger partial charge on any atom is -0.395 e. The van der Waals surface area contributed by atoms with Crippen LogP contribution in [0.25, 0.3) is 0 Å². The molecule has 0 saturated heterocycles. The summed E-state index contributed by atoms with van der Waals surface area (Å²) in [6.45, 7) is 1.89. The minimum absolute atomic E-state index is 0.104. The van der Waals surface area contributed by atoms with Gasteiger partial charge in [0.1, 0.15) is 5.82 Å². The standard InChI is InChI=1S/C13H12ClFN2/c1-8-9(14)4-2-6-11(8)17-12-7-3-5-10(15)13(12)16/h2-7,17H,16H2,1H3. The molecule has 0 saturated carbocycles. The van der Waals surface area contributed by atoms with Gasteiger partial charge in [0.25, 0.3) is 0 Å². The Morgan fingerprint density at radius 3 is 2.53 bits per heavy atom. The fourth-order valence-electron chi connectivity index (χ4n) is 1.53. The van der Waals surface area contributed by atoms with Crippen molar-refractivity contribution in [3.05, 3.63) is 52.8 Å². The van der Waals surface area contributed by atoms with Crippen LogP contribution in [-0.4, -0.2) is 0 Å². The van der Waals surface area contributed by atoms with Crippen molar-refractivity contribution in [3.8, 4) is 0 Å². The second-order valence-electron chi connectivity index (χ2n) is 3.74. The molecule has 0 aromatic heterocycles. The lowest BCUT2D eigenvalue weighted by atomic mass is 10.2. The first-order chi connectivity index (χ1) is 8.09. The topological polar surface area (TPSA) is 38.0 Å². The Hall–Kier alpha value is -1.74. The molecule has 0 atom stereocenters. The molecule has 88 valence electrons. The number of hydrogen-bond donors (Lipinski definition) is 2. The fraction of sp³-hybridized carbons (Fsp3) is 0.0769. The lowest BCUT2D eigenvalue weighted by molar-refractivity contribution is 0.633. The Morgan fingerprint density at radius 2 is 1.76 bits per heavy atom. The van der Waals surface area contributed by atoms with E-state index in [2.05, 4.69) is 5.32 Å². The van der Waals surface area contributed by atoms with Gasteiger partial charge in [-0.05, 0) is 36.8 Å². The van der Waals surface area contributed by atoms with Crippen LogP contribution in [0.15, 0.2) is 36.4 Å². The zero-order valence-corrected chi connectivity index (χ0v) is 10.1. The molecule has 2 aromatic rings. The largest absolute Gasteiger partial charge is 0.395 e. The highest BCUT2D eigenvalue weighted by Crippen LogP contribution is 2.29. The summed E-state index contributed by atoms with van der Waals surface area (Å²) in [6, 6.07) is 10.1. The van der Waals surface area contributed by atoms with Crippen molar-refractivity contribution in [3.63, 3.8) is 0 Å². The molecule has 0 aliphatic rings. The SMILES string of the molecule is Cc1c(Cl)cccc1Nc1cccc(F)c1N. The van der Waals surface area contributed by atoms with E-state index in [1.807, 2.05) is 19.1 Å². The van der Waals surface area contributed by atoms with Crippen LogP contribution in [0.5, 0.6) is 0 Å². The van der Waals surface area contributed by atoms with Crippen molar-refractivity contribution in [2.24, 2.45) is 0 Å². The fourth-order valence-corrected chi connectivity index (χ4v) is 1.71. The van der Waals surface area contributed by atoms with Gasteiger partial charge in [0.2, 0.25) is 0 Å². The highest BCUT2D eigenvalue weighted by Gasteiger charge is 2.07. The molecule has 0 heterocycles. The van der Waals surface area contributed by atoms with Crippen LogP contribution in [0.4, 0.5) is 21.5 Å². The van der Waals surface area contributed by atoms with Crippen LogP contribution in [0.2, 0.25) is 5.02 Å². The molecule has 0 aliphatic heterocycles. The Balaban J connectivity index is 2.38. The van der Waals surface area contributed by atoms with E-state index >= 15 is 0 Å². The van der Waals surface area contributed by atoms with Crippen LogP contribution in [0.1, 0.15) is 5.56 Å². The smallest absolute Gasteiger partial charge is 0.148 e. The molecule has 0 fully saturated rings. The first-order valence-corrected chi connectivity index (χ1v) is 5.53. The Kier molecular flexibility index (Phi) is 3.20. The van der Waals surface area contributed by atoms with Gasteiger partial charge in [0.05, 0.1) is 11.4 Å². The van der Waals surface area contributed by atoms with Crippen LogP contribution in [0.3, 0.4) is 0 Å². The van der Waals surface area contributed by atoms with E-state index in [9.17, 15) is 4.39 Å². The second-order valence-corrected chi connectivity index (χ2v) is 4.15. The number of benzene rings is 2. The zero-order valence-electron chi connectivity index (χ0n) is 9.30. The quantitative estimate of drug-likeness (QED) is 0.787. The molecule has 2 nitrogen and oxygen atoms in total. The number of halogens is 2. The Morgan fingerprint density at radius 1 is 1.12 bits per heavy atom. The molecule has 0 bridgehead atoms. The van der Waals surface area contributed by atoms with Gasteiger partial charge in [0.15, 0.2) is 0 Å². The monoisotopic (exact) mass is 250 g/mol. The molecule has 0 spiro atoms. The summed E-state index contributed by atoms with van der Waals surface area (Å²) in [6.07, 6.45) is 0. The maximum absolute atomic E-state index is 13.3.